The zero-order valence-corrected chi connectivity index (χ0v) is 11.4. The second-order valence-corrected chi connectivity index (χ2v) is 5.54. The van der Waals surface area contributed by atoms with Crippen LogP contribution in [0, 0.1) is 11.3 Å². The molecule has 0 saturated heterocycles. The normalized spacial score (nSPS) is 20.7. The Balaban J connectivity index is 2.45. The van der Waals surface area contributed by atoms with Crippen LogP contribution in [0.3, 0.4) is 0 Å². The quantitative estimate of drug-likeness (QED) is 0.572. The van der Waals surface area contributed by atoms with E-state index >= 15 is 0 Å². The molecule has 1 aromatic carbocycles. The largest absolute Gasteiger partial charge is 0.527 e. The number of carbonyl (C=O) groups is 1. The van der Waals surface area contributed by atoms with Crippen molar-refractivity contribution < 1.29 is 9.53 Å². The lowest BCUT2D eigenvalue weighted by molar-refractivity contribution is 0.0365. The summed E-state index contributed by atoms with van der Waals surface area (Å²) in [5.41, 5.74) is 1.16. The molecule has 2 rings (SSSR count). The lowest BCUT2D eigenvalue weighted by Crippen LogP contribution is -2.51. The molecule has 0 unspecified atom stereocenters. The lowest BCUT2D eigenvalue weighted by atomic mass is 10.2. The molecule has 4 nitrogen and oxygen atoms in total. The van der Waals surface area contributed by atoms with Gasteiger partial charge in [0.25, 0.3) is 0 Å². The third-order valence-corrected chi connectivity index (χ3v) is 2.91. The maximum atomic E-state index is 12.5. The van der Waals surface area contributed by atoms with E-state index in [9.17, 15) is 4.79 Å². The lowest BCUT2D eigenvalue weighted by Gasteiger charge is -2.29. The highest BCUT2D eigenvalue weighted by molar-refractivity contribution is 5.92. The first-order chi connectivity index (χ1) is 8.89. The maximum Gasteiger partial charge on any atom is 0.527 e. The van der Waals surface area contributed by atoms with E-state index in [2.05, 4.69) is 6.07 Å². The number of fused-ring (bicyclic) bond motifs is 1. The predicted octanol–water partition coefficient (Wildman–Crippen LogP) is 3.44. The highest BCUT2D eigenvalue weighted by Crippen LogP contribution is 2.36. The summed E-state index contributed by atoms with van der Waals surface area (Å²) in [4.78, 5) is 12.5. The Morgan fingerprint density at radius 1 is 1.37 bits per heavy atom. The van der Waals surface area contributed by atoms with Gasteiger partial charge in [0.1, 0.15) is 17.9 Å². The summed E-state index contributed by atoms with van der Waals surface area (Å²) in [6.45, 7) is 5.49. The molecule has 0 fully saturated rings. The molecular weight excluding hydrogens is 240 g/mol. The smallest absolute Gasteiger partial charge is 0.414 e. The van der Waals surface area contributed by atoms with Crippen LogP contribution >= 0.6 is 0 Å². The Bertz CT molecular complexity index is 579. The molecule has 1 aliphatic heterocycles. The predicted molar refractivity (Wildman–Crippen MR) is 74.0 cm³/mol. The van der Waals surface area contributed by atoms with Gasteiger partial charge in [-0.2, -0.15) is 14.5 Å². The van der Waals surface area contributed by atoms with Crippen molar-refractivity contribution in [3.63, 3.8) is 0 Å². The van der Waals surface area contributed by atoms with E-state index in [-0.39, 0.29) is 11.0 Å². The molecule has 1 aromatic rings. The van der Waals surface area contributed by atoms with Crippen LogP contribution in [0.4, 0.5) is 10.5 Å². The fourth-order valence-corrected chi connectivity index (χ4v) is 2.10. The number of nitrogens with zero attached hydrogens (tertiary/aromatic N) is 2. The van der Waals surface area contributed by atoms with E-state index in [0.29, 0.717) is 0 Å². The minimum atomic E-state index is -0.580. The van der Waals surface area contributed by atoms with E-state index in [4.69, 9.17) is 10.00 Å². The third-order valence-electron chi connectivity index (χ3n) is 2.91. The maximum absolute atomic E-state index is 12.5. The van der Waals surface area contributed by atoms with E-state index in [1.54, 1.807) is 6.20 Å². The molecule has 0 aliphatic carbocycles. The van der Waals surface area contributed by atoms with Crippen LogP contribution in [0.15, 0.2) is 30.5 Å². The number of benzene rings is 1. The van der Waals surface area contributed by atoms with E-state index in [0.717, 1.165) is 11.3 Å². The SMILES string of the molecule is CC(C)(C)OC(=O)[N@@+]1(CC#N)C=Cc2ccccc21. The first-order valence-corrected chi connectivity index (χ1v) is 6.16. The molecule has 98 valence electrons. The first-order valence-electron chi connectivity index (χ1n) is 6.16. The standard InChI is InChI=1S/C15H17N2O2/c1-15(2,3)19-14(18)17(11-9-16)10-8-12-6-4-5-7-13(12)17/h4-8,10H,11H2,1-3H3/q+1/t17-/m1/s1. The van der Waals surface area contributed by atoms with Crippen LogP contribution in [-0.4, -0.2) is 18.2 Å². The van der Waals surface area contributed by atoms with Gasteiger partial charge in [0, 0.05) is 17.7 Å². The van der Waals surface area contributed by atoms with E-state index in [1.165, 1.54) is 0 Å². The van der Waals surface area contributed by atoms with Crippen molar-refractivity contribution in [3.05, 3.63) is 36.0 Å². The molecule has 1 heterocycles. The summed E-state index contributed by atoms with van der Waals surface area (Å²) in [5, 5.41) is 9.06. The van der Waals surface area contributed by atoms with Gasteiger partial charge in [0.05, 0.1) is 0 Å². The summed E-state index contributed by atoms with van der Waals surface area (Å²) in [7, 11) is 0. The van der Waals surface area contributed by atoms with Gasteiger partial charge in [-0.1, -0.05) is 12.1 Å². The molecule has 19 heavy (non-hydrogen) atoms. The minimum absolute atomic E-state index is 0.0302. The molecule has 1 atom stereocenters. The highest BCUT2D eigenvalue weighted by Gasteiger charge is 2.45. The molecule has 0 aromatic heterocycles. The Morgan fingerprint density at radius 3 is 2.68 bits per heavy atom. The average Bonchev–Trinajstić information content (AvgIpc) is 2.68. The molecule has 4 heteroatoms. The minimum Gasteiger partial charge on any atom is -0.414 e. The van der Waals surface area contributed by atoms with E-state index in [1.807, 2.05) is 51.1 Å². The monoisotopic (exact) mass is 257 g/mol. The molecule has 0 radical (unpaired) electrons. The van der Waals surface area contributed by atoms with Crippen molar-refractivity contribution in [3.8, 4) is 6.07 Å². The van der Waals surface area contributed by atoms with Gasteiger partial charge in [-0.3, -0.25) is 0 Å². The summed E-state index contributed by atoms with van der Waals surface area (Å²) < 4.78 is 5.27. The van der Waals surface area contributed by atoms with Crippen molar-refractivity contribution in [2.75, 3.05) is 6.54 Å². The van der Waals surface area contributed by atoms with Crippen LogP contribution in [0.5, 0.6) is 0 Å². The summed E-state index contributed by atoms with van der Waals surface area (Å²) in [5.74, 6) is 0. The number of amides is 1. The van der Waals surface area contributed by atoms with Gasteiger partial charge in [-0.15, -0.1) is 0 Å². The zero-order valence-electron chi connectivity index (χ0n) is 11.4. The van der Waals surface area contributed by atoms with Gasteiger partial charge in [0.2, 0.25) is 0 Å². The second kappa shape index (κ2) is 4.52. The van der Waals surface area contributed by atoms with Crippen molar-refractivity contribution in [2.45, 2.75) is 26.4 Å². The number of rotatable bonds is 1. The second-order valence-electron chi connectivity index (χ2n) is 5.54. The van der Waals surface area contributed by atoms with Crippen LogP contribution in [0.1, 0.15) is 26.3 Å². The number of carbonyl (C=O) groups excluding carboxylic acids is 1. The number of ether oxygens (including phenoxy) is 1. The fraction of sp³-hybridized carbons (Fsp3) is 0.333. The van der Waals surface area contributed by atoms with Crippen molar-refractivity contribution >= 4 is 17.9 Å². The molecule has 0 spiro atoms. The van der Waals surface area contributed by atoms with Gasteiger partial charge < -0.3 is 4.74 Å². The highest BCUT2D eigenvalue weighted by atomic mass is 16.6. The van der Waals surface area contributed by atoms with Crippen LogP contribution in [0.25, 0.3) is 6.08 Å². The van der Waals surface area contributed by atoms with Crippen molar-refractivity contribution in [1.82, 2.24) is 4.48 Å². The molecular formula is C15H17N2O2+. The summed E-state index contributed by atoms with van der Waals surface area (Å²) >= 11 is 0. The average molecular weight is 257 g/mol. The number of hydrogen-bond acceptors (Lipinski definition) is 3. The fourth-order valence-electron chi connectivity index (χ4n) is 2.10. The van der Waals surface area contributed by atoms with Gasteiger partial charge >= 0.3 is 6.09 Å². The summed E-state index contributed by atoms with van der Waals surface area (Å²) in [6, 6.07) is 9.63. The van der Waals surface area contributed by atoms with Gasteiger partial charge in [-0.05, 0) is 26.8 Å². The number of para-hydroxylation sites is 1. The molecule has 0 saturated carbocycles. The van der Waals surface area contributed by atoms with Crippen LogP contribution < -0.4 is 4.48 Å². The Hall–Kier alpha value is -2.12. The van der Waals surface area contributed by atoms with E-state index < -0.39 is 11.7 Å². The molecule has 1 aliphatic rings. The zero-order chi connectivity index (χ0) is 14.1. The Kier molecular flexibility index (Phi) is 3.17. The number of nitriles is 1. The Labute approximate surface area is 113 Å². The van der Waals surface area contributed by atoms with Crippen LogP contribution in [0.2, 0.25) is 0 Å². The van der Waals surface area contributed by atoms with Gasteiger partial charge in [-0.25, -0.2) is 0 Å². The summed E-state index contributed by atoms with van der Waals surface area (Å²) in [6.07, 6.45) is 3.16. The number of hydrogen-bond donors (Lipinski definition) is 0. The first kappa shape index (κ1) is 13.3. The third kappa shape index (κ3) is 2.38. The molecule has 0 N–H and O–H groups in total. The number of quaternary nitrogens is 1. The van der Waals surface area contributed by atoms with Crippen LogP contribution in [-0.2, 0) is 4.74 Å². The topological polar surface area (TPSA) is 50.1 Å². The molecule has 0 bridgehead atoms. The van der Waals surface area contributed by atoms with Crippen molar-refractivity contribution in [2.24, 2.45) is 0 Å². The Morgan fingerprint density at radius 2 is 2.05 bits per heavy atom. The van der Waals surface area contributed by atoms with Crippen molar-refractivity contribution in [1.29, 1.82) is 5.26 Å². The van der Waals surface area contributed by atoms with Gasteiger partial charge in [0.15, 0.2) is 12.2 Å². The molecule has 1 amide bonds.